The van der Waals surface area contributed by atoms with Crippen LogP contribution >= 0.6 is 11.6 Å². The van der Waals surface area contributed by atoms with Crippen molar-refractivity contribution in [1.29, 1.82) is 0 Å². The molecule has 2 heterocycles. The Labute approximate surface area is 79.2 Å². The third-order valence-corrected chi connectivity index (χ3v) is 1.87. The van der Waals surface area contributed by atoms with Gasteiger partial charge in [0.25, 0.3) is 0 Å². The third-order valence-electron chi connectivity index (χ3n) is 1.71. The second kappa shape index (κ2) is 2.81. The van der Waals surface area contributed by atoms with Crippen molar-refractivity contribution in [3.05, 3.63) is 29.2 Å². The standard InChI is InChI=1S/C8H6ClN3O/c1-5(13)6-2-3-7-10-8(9)11-12(7)4-6/h2-4H,1H3. The van der Waals surface area contributed by atoms with Crippen LogP contribution in [-0.2, 0) is 0 Å². The van der Waals surface area contributed by atoms with Crippen molar-refractivity contribution in [2.45, 2.75) is 6.92 Å². The highest BCUT2D eigenvalue weighted by Crippen LogP contribution is 2.07. The molecular formula is C8H6ClN3O. The predicted molar refractivity (Wildman–Crippen MR) is 48.0 cm³/mol. The highest BCUT2D eigenvalue weighted by molar-refractivity contribution is 6.28. The fraction of sp³-hybridized carbons (Fsp3) is 0.125. The van der Waals surface area contributed by atoms with E-state index >= 15 is 0 Å². The fourth-order valence-electron chi connectivity index (χ4n) is 1.06. The van der Waals surface area contributed by atoms with E-state index in [1.165, 1.54) is 11.4 Å². The molecule has 0 fully saturated rings. The molecule has 2 rings (SSSR count). The number of aromatic nitrogens is 3. The highest BCUT2D eigenvalue weighted by atomic mass is 35.5. The summed E-state index contributed by atoms with van der Waals surface area (Å²) >= 11 is 5.59. The second-order valence-corrected chi connectivity index (χ2v) is 3.00. The Morgan fingerprint density at radius 3 is 3.00 bits per heavy atom. The number of hydrogen-bond donors (Lipinski definition) is 0. The molecule has 66 valence electrons. The Hall–Kier alpha value is -1.42. The minimum absolute atomic E-state index is 0.00600. The van der Waals surface area contributed by atoms with E-state index in [0.29, 0.717) is 11.2 Å². The Balaban J connectivity index is 2.67. The summed E-state index contributed by atoms with van der Waals surface area (Å²) in [5.74, 6) is -0.00600. The molecule has 0 aliphatic heterocycles. The summed E-state index contributed by atoms with van der Waals surface area (Å²) in [4.78, 5) is 14.9. The van der Waals surface area contributed by atoms with Crippen molar-refractivity contribution in [1.82, 2.24) is 14.6 Å². The highest BCUT2D eigenvalue weighted by Gasteiger charge is 2.03. The first-order valence-corrected chi connectivity index (χ1v) is 4.07. The summed E-state index contributed by atoms with van der Waals surface area (Å²) < 4.78 is 1.49. The summed E-state index contributed by atoms with van der Waals surface area (Å²) in [7, 11) is 0. The van der Waals surface area contributed by atoms with E-state index in [2.05, 4.69) is 10.1 Å². The van der Waals surface area contributed by atoms with Gasteiger partial charge in [-0.1, -0.05) is 0 Å². The zero-order valence-electron chi connectivity index (χ0n) is 6.86. The molecule has 0 radical (unpaired) electrons. The van der Waals surface area contributed by atoms with Gasteiger partial charge in [-0.2, -0.15) is 4.98 Å². The summed E-state index contributed by atoms with van der Waals surface area (Å²) in [6, 6.07) is 3.40. The van der Waals surface area contributed by atoms with Crippen LogP contribution in [0.15, 0.2) is 18.3 Å². The van der Waals surface area contributed by atoms with E-state index in [-0.39, 0.29) is 11.1 Å². The van der Waals surface area contributed by atoms with Gasteiger partial charge >= 0.3 is 0 Å². The number of fused-ring (bicyclic) bond motifs is 1. The molecule has 2 aromatic rings. The van der Waals surface area contributed by atoms with E-state index in [4.69, 9.17) is 11.6 Å². The first kappa shape index (κ1) is 8.19. The maximum Gasteiger partial charge on any atom is 0.243 e. The number of pyridine rings is 1. The van der Waals surface area contributed by atoms with E-state index in [1.807, 2.05) is 0 Å². The van der Waals surface area contributed by atoms with Crippen LogP contribution in [0.25, 0.3) is 5.65 Å². The number of ketones is 1. The minimum atomic E-state index is -0.00600. The van der Waals surface area contributed by atoms with Gasteiger partial charge in [0.1, 0.15) is 0 Å². The molecule has 2 aromatic heterocycles. The topological polar surface area (TPSA) is 47.3 Å². The maximum atomic E-state index is 11.0. The van der Waals surface area contributed by atoms with Crippen LogP contribution in [0.4, 0.5) is 0 Å². The lowest BCUT2D eigenvalue weighted by atomic mass is 10.2. The molecule has 5 heteroatoms. The molecule has 4 nitrogen and oxygen atoms in total. The third kappa shape index (κ3) is 1.40. The van der Waals surface area contributed by atoms with Crippen LogP contribution < -0.4 is 0 Å². The molecule has 0 bridgehead atoms. The molecule has 0 saturated heterocycles. The summed E-state index contributed by atoms with van der Waals surface area (Å²) in [5.41, 5.74) is 1.23. The average Bonchev–Trinajstić information content (AvgIpc) is 2.42. The molecule has 0 spiro atoms. The fourth-order valence-corrected chi connectivity index (χ4v) is 1.23. The van der Waals surface area contributed by atoms with Crippen molar-refractivity contribution < 1.29 is 4.79 Å². The van der Waals surface area contributed by atoms with Gasteiger partial charge in [-0.25, -0.2) is 4.52 Å². The molecule has 13 heavy (non-hydrogen) atoms. The van der Waals surface area contributed by atoms with Crippen molar-refractivity contribution in [2.24, 2.45) is 0 Å². The smallest absolute Gasteiger partial charge is 0.243 e. The van der Waals surface area contributed by atoms with E-state index in [0.717, 1.165) is 0 Å². The summed E-state index contributed by atoms with van der Waals surface area (Å²) in [5, 5.41) is 4.06. The molecular weight excluding hydrogens is 190 g/mol. The number of rotatable bonds is 1. The van der Waals surface area contributed by atoms with Gasteiger partial charge in [0.2, 0.25) is 5.28 Å². The number of carbonyl (C=O) groups excluding carboxylic acids is 1. The molecule has 0 unspecified atom stereocenters. The van der Waals surface area contributed by atoms with Crippen LogP contribution in [0.2, 0.25) is 5.28 Å². The average molecular weight is 196 g/mol. The van der Waals surface area contributed by atoms with Gasteiger partial charge in [-0.3, -0.25) is 4.79 Å². The van der Waals surface area contributed by atoms with Crippen molar-refractivity contribution in [3.63, 3.8) is 0 Å². The largest absolute Gasteiger partial charge is 0.294 e. The van der Waals surface area contributed by atoms with Crippen LogP contribution in [0, 0.1) is 0 Å². The van der Waals surface area contributed by atoms with Crippen LogP contribution in [0.1, 0.15) is 17.3 Å². The van der Waals surface area contributed by atoms with Crippen LogP contribution in [-0.4, -0.2) is 20.4 Å². The van der Waals surface area contributed by atoms with E-state index in [9.17, 15) is 4.79 Å². The number of hydrogen-bond acceptors (Lipinski definition) is 3. The molecule has 0 aliphatic rings. The molecule has 0 aliphatic carbocycles. The van der Waals surface area contributed by atoms with Gasteiger partial charge in [0.15, 0.2) is 11.4 Å². The van der Waals surface area contributed by atoms with E-state index < -0.39 is 0 Å². The lowest BCUT2D eigenvalue weighted by molar-refractivity contribution is 0.101. The normalized spacial score (nSPS) is 10.6. The Bertz CT molecular complexity index is 477. The zero-order valence-corrected chi connectivity index (χ0v) is 7.62. The lowest BCUT2D eigenvalue weighted by Gasteiger charge is -1.94. The van der Waals surface area contributed by atoms with Crippen LogP contribution in [0.3, 0.4) is 0 Å². The Kier molecular flexibility index (Phi) is 1.77. The maximum absolute atomic E-state index is 11.0. The van der Waals surface area contributed by atoms with Gasteiger partial charge in [-0.15, -0.1) is 5.10 Å². The minimum Gasteiger partial charge on any atom is -0.294 e. The number of nitrogens with zero attached hydrogens (tertiary/aromatic N) is 3. The molecule has 0 saturated carbocycles. The Morgan fingerprint density at radius 2 is 2.31 bits per heavy atom. The number of halogens is 1. The first-order valence-electron chi connectivity index (χ1n) is 3.70. The molecule has 0 amide bonds. The van der Waals surface area contributed by atoms with Crippen molar-refractivity contribution >= 4 is 23.0 Å². The first-order chi connectivity index (χ1) is 6.16. The number of carbonyl (C=O) groups is 1. The van der Waals surface area contributed by atoms with Crippen molar-refractivity contribution in [2.75, 3.05) is 0 Å². The summed E-state index contributed by atoms with van der Waals surface area (Å²) in [6.45, 7) is 1.50. The summed E-state index contributed by atoms with van der Waals surface area (Å²) in [6.07, 6.45) is 1.61. The second-order valence-electron chi connectivity index (χ2n) is 2.66. The number of Topliss-reactive ketones (excluding diaryl/α,β-unsaturated/α-hetero) is 1. The van der Waals surface area contributed by atoms with Gasteiger partial charge in [0.05, 0.1) is 0 Å². The van der Waals surface area contributed by atoms with Crippen molar-refractivity contribution in [3.8, 4) is 0 Å². The van der Waals surface area contributed by atoms with Crippen LogP contribution in [0.5, 0.6) is 0 Å². The van der Waals surface area contributed by atoms with E-state index in [1.54, 1.807) is 18.3 Å². The SMILES string of the molecule is CC(=O)c1ccc2nc(Cl)nn2c1. The zero-order chi connectivity index (χ0) is 9.42. The van der Waals surface area contributed by atoms with Gasteiger partial charge < -0.3 is 0 Å². The predicted octanol–water partition coefficient (Wildman–Crippen LogP) is 1.59. The van der Waals surface area contributed by atoms with Gasteiger partial charge in [-0.05, 0) is 30.7 Å². The molecule has 0 N–H and O–H groups in total. The molecule has 0 atom stereocenters. The lowest BCUT2D eigenvalue weighted by Crippen LogP contribution is -1.96. The quantitative estimate of drug-likeness (QED) is 0.650. The Morgan fingerprint density at radius 1 is 1.54 bits per heavy atom. The van der Waals surface area contributed by atoms with Gasteiger partial charge in [0, 0.05) is 11.8 Å². The molecule has 0 aromatic carbocycles. The monoisotopic (exact) mass is 195 g/mol.